The zero-order valence-corrected chi connectivity index (χ0v) is 11.3. The molecule has 0 spiro atoms. The molecular weight excluding hydrogens is 226 g/mol. The first kappa shape index (κ1) is 14.4. The van der Waals surface area contributed by atoms with E-state index in [0.29, 0.717) is 12.0 Å². The molecule has 1 amide bonds. The van der Waals surface area contributed by atoms with E-state index in [0.717, 1.165) is 12.8 Å². The fraction of sp³-hybridized carbons (Fsp3) is 0.467. The van der Waals surface area contributed by atoms with Gasteiger partial charge in [0, 0.05) is 5.56 Å². The Bertz CT molecular complexity index is 414. The molecular formula is C15H21NO2. The van der Waals surface area contributed by atoms with E-state index in [1.807, 2.05) is 18.2 Å². The zero-order valence-electron chi connectivity index (χ0n) is 11.3. The summed E-state index contributed by atoms with van der Waals surface area (Å²) in [6, 6.07) is 8.97. The van der Waals surface area contributed by atoms with E-state index in [2.05, 4.69) is 12.2 Å². The smallest absolute Gasteiger partial charge is 0.252 e. The molecule has 3 heteroatoms. The number of amides is 1. The fourth-order valence-corrected chi connectivity index (χ4v) is 1.77. The van der Waals surface area contributed by atoms with Crippen LogP contribution in [0.2, 0.25) is 0 Å². The number of ketones is 1. The number of hydrogen-bond donors (Lipinski definition) is 1. The molecule has 1 N–H and O–H groups in total. The molecule has 1 rings (SSSR count). The molecule has 0 fully saturated rings. The van der Waals surface area contributed by atoms with Crippen LogP contribution in [0.4, 0.5) is 0 Å². The third kappa shape index (κ3) is 3.69. The molecule has 0 saturated carbocycles. The highest BCUT2D eigenvalue weighted by molar-refractivity contribution is 5.99. The first-order chi connectivity index (χ1) is 8.49. The number of nitrogens with one attached hydrogen (secondary N) is 1. The van der Waals surface area contributed by atoms with Crippen molar-refractivity contribution in [3.8, 4) is 0 Å². The molecule has 0 aliphatic heterocycles. The summed E-state index contributed by atoms with van der Waals surface area (Å²) in [6.07, 6.45) is 2.60. The van der Waals surface area contributed by atoms with Gasteiger partial charge in [-0.3, -0.25) is 9.59 Å². The quantitative estimate of drug-likeness (QED) is 0.840. The van der Waals surface area contributed by atoms with Crippen LogP contribution in [0, 0.1) is 0 Å². The van der Waals surface area contributed by atoms with E-state index in [4.69, 9.17) is 0 Å². The third-order valence-corrected chi connectivity index (χ3v) is 3.23. The van der Waals surface area contributed by atoms with Crippen LogP contribution in [0.25, 0.3) is 0 Å². The third-order valence-electron chi connectivity index (χ3n) is 3.23. The van der Waals surface area contributed by atoms with E-state index in [1.165, 1.54) is 6.92 Å². The maximum Gasteiger partial charge on any atom is 0.252 e. The fourth-order valence-electron chi connectivity index (χ4n) is 1.77. The van der Waals surface area contributed by atoms with Gasteiger partial charge >= 0.3 is 0 Å². The maximum absolute atomic E-state index is 12.1. The predicted molar refractivity (Wildman–Crippen MR) is 72.5 cm³/mol. The van der Waals surface area contributed by atoms with Gasteiger partial charge in [-0.25, -0.2) is 0 Å². The first-order valence-electron chi connectivity index (χ1n) is 6.38. The lowest BCUT2D eigenvalue weighted by Crippen LogP contribution is -2.51. The molecule has 0 aromatic heterocycles. The van der Waals surface area contributed by atoms with Gasteiger partial charge in [-0.15, -0.1) is 0 Å². The minimum Gasteiger partial charge on any atom is -0.340 e. The Kier molecular flexibility index (Phi) is 5.08. The summed E-state index contributed by atoms with van der Waals surface area (Å²) in [5.41, 5.74) is -0.176. The van der Waals surface area contributed by atoms with Gasteiger partial charge in [-0.2, -0.15) is 0 Å². The second kappa shape index (κ2) is 6.34. The Morgan fingerprint density at radius 1 is 1.22 bits per heavy atom. The van der Waals surface area contributed by atoms with Crippen molar-refractivity contribution in [2.45, 2.75) is 45.6 Å². The van der Waals surface area contributed by atoms with E-state index in [1.54, 1.807) is 19.1 Å². The summed E-state index contributed by atoms with van der Waals surface area (Å²) in [5, 5.41) is 2.86. The molecule has 98 valence electrons. The number of carbonyl (C=O) groups excluding carboxylic acids is 2. The van der Waals surface area contributed by atoms with Crippen LogP contribution in [0.5, 0.6) is 0 Å². The predicted octanol–water partition coefficient (Wildman–Crippen LogP) is 2.95. The molecule has 0 radical (unpaired) electrons. The van der Waals surface area contributed by atoms with Crippen molar-refractivity contribution in [2.24, 2.45) is 0 Å². The minimum absolute atomic E-state index is 0.000214. The van der Waals surface area contributed by atoms with Crippen molar-refractivity contribution in [2.75, 3.05) is 0 Å². The van der Waals surface area contributed by atoms with Crippen LogP contribution in [0.1, 0.15) is 50.4 Å². The molecule has 18 heavy (non-hydrogen) atoms. The monoisotopic (exact) mass is 247 g/mol. The van der Waals surface area contributed by atoms with E-state index < -0.39 is 5.54 Å². The molecule has 3 nitrogen and oxygen atoms in total. The lowest BCUT2D eigenvalue weighted by atomic mass is 9.90. The van der Waals surface area contributed by atoms with Crippen LogP contribution in [0.3, 0.4) is 0 Å². The highest BCUT2D eigenvalue weighted by Gasteiger charge is 2.31. The van der Waals surface area contributed by atoms with Crippen LogP contribution in [-0.2, 0) is 4.79 Å². The lowest BCUT2D eigenvalue weighted by molar-refractivity contribution is -0.122. The Morgan fingerprint density at radius 3 is 2.33 bits per heavy atom. The Labute approximate surface area is 109 Å². The molecule has 0 aliphatic rings. The van der Waals surface area contributed by atoms with Gasteiger partial charge in [-0.1, -0.05) is 38.0 Å². The number of Topliss-reactive ketones (excluding diaryl/α,β-unsaturated/α-hetero) is 1. The number of benzene rings is 1. The highest BCUT2D eigenvalue weighted by Crippen LogP contribution is 2.16. The number of unbranched alkanes of at least 4 members (excludes halogenated alkanes) is 1. The summed E-state index contributed by atoms with van der Waals surface area (Å²) in [7, 11) is 0. The molecule has 1 aromatic carbocycles. The molecule has 1 atom stereocenters. The van der Waals surface area contributed by atoms with Crippen LogP contribution < -0.4 is 5.32 Å². The first-order valence-corrected chi connectivity index (χ1v) is 6.38. The van der Waals surface area contributed by atoms with E-state index >= 15 is 0 Å². The van der Waals surface area contributed by atoms with Gasteiger partial charge in [0.2, 0.25) is 0 Å². The minimum atomic E-state index is -0.761. The van der Waals surface area contributed by atoms with E-state index in [-0.39, 0.29) is 11.7 Å². The molecule has 0 aliphatic carbocycles. The average molecular weight is 247 g/mol. The molecule has 1 aromatic rings. The topological polar surface area (TPSA) is 46.2 Å². The Hall–Kier alpha value is -1.64. The van der Waals surface area contributed by atoms with Crippen molar-refractivity contribution >= 4 is 11.7 Å². The van der Waals surface area contributed by atoms with Gasteiger partial charge < -0.3 is 5.32 Å². The second-order valence-electron chi connectivity index (χ2n) is 4.81. The number of hydrogen-bond acceptors (Lipinski definition) is 2. The summed E-state index contributed by atoms with van der Waals surface area (Å²) in [4.78, 5) is 23.8. The van der Waals surface area contributed by atoms with Crippen LogP contribution in [0.15, 0.2) is 30.3 Å². The number of rotatable bonds is 6. The molecule has 0 unspecified atom stereocenters. The molecule has 0 bridgehead atoms. The molecule has 0 saturated heterocycles. The van der Waals surface area contributed by atoms with Gasteiger partial charge in [0.1, 0.15) is 0 Å². The standard InChI is InChI=1S/C15H21NO2/c1-4-5-11-15(3,12(2)17)16-14(18)13-9-7-6-8-10-13/h6-10H,4-5,11H2,1-3H3,(H,16,18)/t15-/m1/s1. The van der Waals surface area contributed by atoms with Gasteiger partial charge in [0.25, 0.3) is 5.91 Å². The summed E-state index contributed by atoms with van der Waals surface area (Å²) >= 11 is 0. The van der Waals surface area contributed by atoms with Gasteiger partial charge in [0.05, 0.1) is 5.54 Å². The van der Waals surface area contributed by atoms with Crippen molar-refractivity contribution in [1.29, 1.82) is 0 Å². The molecule has 0 heterocycles. The zero-order chi connectivity index (χ0) is 13.6. The van der Waals surface area contributed by atoms with Gasteiger partial charge in [0.15, 0.2) is 5.78 Å². The second-order valence-corrected chi connectivity index (χ2v) is 4.81. The average Bonchev–Trinajstić information content (AvgIpc) is 2.37. The summed E-state index contributed by atoms with van der Waals surface area (Å²) < 4.78 is 0. The van der Waals surface area contributed by atoms with Crippen molar-refractivity contribution < 1.29 is 9.59 Å². The normalized spacial score (nSPS) is 13.7. The lowest BCUT2D eigenvalue weighted by Gasteiger charge is -2.28. The van der Waals surface area contributed by atoms with Gasteiger partial charge in [-0.05, 0) is 32.4 Å². The maximum atomic E-state index is 12.1. The van der Waals surface area contributed by atoms with Crippen LogP contribution in [-0.4, -0.2) is 17.2 Å². The Balaban J connectivity index is 2.78. The summed E-state index contributed by atoms with van der Waals surface area (Å²) in [6.45, 7) is 5.40. The SMILES string of the molecule is CCCC[C@@](C)(NC(=O)c1ccccc1)C(C)=O. The summed E-state index contributed by atoms with van der Waals surface area (Å²) in [5.74, 6) is -0.190. The van der Waals surface area contributed by atoms with Crippen molar-refractivity contribution in [1.82, 2.24) is 5.32 Å². The Morgan fingerprint density at radius 2 is 1.83 bits per heavy atom. The largest absolute Gasteiger partial charge is 0.340 e. The van der Waals surface area contributed by atoms with Crippen LogP contribution >= 0.6 is 0 Å². The highest BCUT2D eigenvalue weighted by atomic mass is 16.2. The van der Waals surface area contributed by atoms with E-state index in [9.17, 15) is 9.59 Å². The van der Waals surface area contributed by atoms with Crippen molar-refractivity contribution in [3.63, 3.8) is 0 Å². The number of carbonyl (C=O) groups is 2. The van der Waals surface area contributed by atoms with Crippen molar-refractivity contribution in [3.05, 3.63) is 35.9 Å².